The minimum absolute atomic E-state index is 0.861. The topological polar surface area (TPSA) is 46.8 Å². The first-order valence-corrected chi connectivity index (χ1v) is 4.83. The molecule has 3 rings (SSSR count). The highest BCUT2D eigenvalue weighted by molar-refractivity contribution is 5.69. The third-order valence-electron chi connectivity index (χ3n) is 2.58. The third-order valence-corrected chi connectivity index (χ3v) is 2.58. The van der Waals surface area contributed by atoms with E-state index >= 15 is 0 Å². The van der Waals surface area contributed by atoms with Gasteiger partial charge in [-0.1, -0.05) is 0 Å². The molecule has 5 nitrogen and oxygen atoms in total. The molecule has 0 N–H and O–H groups in total. The Morgan fingerprint density at radius 1 is 1.14 bits per heavy atom. The van der Waals surface area contributed by atoms with Gasteiger partial charge in [0.05, 0.1) is 6.20 Å². The largest absolute Gasteiger partial charge is 0.310 e. The lowest BCUT2D eigenvalue weighted by atomic mass is 10.4. The molecule has 2 aromatic heterocycles. The van der Waals surface area contributed by atoms with Crippen LogP contribution in [0.3, 0.4) is 0 Å². The zero-order valence-electron chi connectivity index (χ0n) is 7.80. The molecule has 0 saturated carbocycles. The fourth-order valence-corrected chi connectivity index (χ4v) is 1.88. The first-order valence-electron chi connectivity index (χ1n) is 4.83. The summed E-state index contributed by atoms with van der Waals surface area (Å²) >= 11 is 0. The summed E-state index contributed by atoms with van der Waals surface area (Å²) in [6, 6.07) is 0. The molecule has 0 radical (unpaired) electrons. The molecular weight excluding hydrogens is 178 g/mol. The Morgan fingerprint density at radius 2 is 2.00 bits per heavy atom. The van der Waals surface area contributed by atoms with Crippen LogP contribution in [0.25, 0.3) is 11.2 Å². The van der Waals surface area contributed by atoms with Gasteiger partial charge in [-0.3, -0.25) is 0 Å². The molecule has 72 valence electrons. The number of imidazole rings is 1. The van der Waals surface area contributed by atoms with Gasteiger partial charge in [-0.2, -0.15) is 0 Å². The Balaban J connectivity index is 2.11. The minimum atomic E-state index is 0.861. The van der Waals surface area contributed by atoms with E-state index in [0.717, 1.165) is 24.3 Å². The van der Waals surface area contributed by atoms with E-state index in [2.05, 4.69) is 20.0 Å². The van der Waals surface area contributed by atoms with E-state index < -0.39 is 0 Å². The molecule has 3 heterocycles. The van der Waals surface area contributed by atoms with Crippen molar-refractivity contribution in [3.63, 3.8) is 0 Å². The summed E-state index contributed by atoms with van der Waals surface area (Å²) in [5, 5.41) is 2.27. The molecule has 0 amide bonds. The number of rotatable bonds is 1. The molecule has 1 aliphatic heterocycles. The first-order chi connectivity index (χ1) is 6.95. The summed E-state index contributed by atoms with van der Waals surface area (Å²) < 4.78 is 2.03. The van der Waals surface area contributed by atoms with E-state index in [1.54, 1.807) is 12.5 Å². The minimum Gasteiger partial charge on any atom is -0.310 e. The van der Waals surface area contributed by atoms with Crippen molar-refractivity contribution in [2.45, 2.75) is 12.8 Å². The van der Waals surface area contributed by atoms with Gasteiger partial charge in [0.25, 0.3) is 0 Å². The van der Waals surface area contributed by atoms with Crippen molar-refractivity contribution in [3.05, 3.63) is 18.9 Å². The Bertz CT molecular complexity index is 443. The van der Waals surface area contributed by atoms with E-state index in [-0.39, 0.29) is 0 Å². The number of aromatic nitrogens is 4. The van der Waals surface area contributed by atoms with Crippen LogP contribution in [-0.4, -0.2) is 32.7 Å². The maximum absolute atomic E-state index is 4.26. The molecule has 0 aromatic carbocycles. The Labute approximate surface area is 81.4 Å². The van der Waals surface area contributed by atoms with Gasteiger partial charge >= 0.3 is 0 Å². The Kier molecular flexibility index (Phi) is 1.62. The van der Waals surface area contributed by atoms with E-state index in [0.29, 0.717) is 0 Å². The fourth-order valence-electron chi connectivity index (χ4n) is 1.88. The smallest absolute Gasteiger partial charge is 0.182 e. The van der Waals surface area contributed by atoms with Crippen LogP contribution in [0, 0.1) is 0 Å². The monoisotopic (exact) mass is 189 g/mol. The summed E-state index contributed by atoms with van der Waals surface area (Å²) in [7, 11) is 0. The maximum atomic E-state index is 4.26. The van der Waals surface area contributed by atoms with Crippen molar-refractivity contribution < 1.29 is 0 Å². The number of hydrogen-bond donors (Lipinski definition) is 0. The van der Waals surface area contributed by atoms with Crippen LogP contribution in [0.2, 0.25) is 0 Å². The molecule has 1 aliphatic rings. The lowest BCUT2D eigenvalue weighted by Gasteiger charge is -2.18. The molecule has 0 aliphatic carbocycles. The van der Waals surface area contributed by atoms with Crippen LogP contribution in [0.4, 0.5) is 0 Å². The van der Waals surface area contributed by atoms with Gasteiger partial charge in [0.15, 0.2) is 5.65 Å². The Hall–Kier alpha value is -1.65. The molecule has 1 fully saturated rings. The van der Waals surface area contributed by atoms with Crippen LogP contribution >= 0.6 is 0 Å². The number of hydrogen-bond acceptors (Lipinski definition) is 4. The molecule has 0 bridgehead atoms. The van der Waals surface area contributed by atoms with Gasteiger partial charge in [0.1, 0.15) is 18.2 Å². The van der Waals surface area contributed by atoms with E-state index in [4.69, 9.17) is 0 Å². The van der Waals surface area contributed by atoms with E-state index in [1.165, 1.54) is 12.8 Å². The van der Waals surface area contributed by atoms with Crippen LogP contribution in [0.15, 0.2) is 18.9 Å². The van der Waals surface area contributed by atoms with Crippen molar-refractivity contribution in [2.75, 3.05) is 18.1 Å². The van der Waals surface area contributed by atoms with Gasteiger partial charge in [0, 0.05) is 13.1 Å². The summed E-state index contributed by atoms with van der Waals surface area (Å²) in [4.78, 5) is 12.4. The molecule has 0 atom stereocenters. The second kappa shape index (κ2) is 2.94. The second-order valence-electron chi connectivity index (χ2n) is 3.48. The third kappa shape index (κ3) is 1.05. The highest BCUT2D eigenvalue weighted by Gasteiger charge is 2.14. The molecule has 2 aromatic rings. The van der Waals surface area contributed by atoms with Gasteiger partial charge in [-0.15, -0.1) is 0 Å². The van der Waals surface area contributed by atoms with Crippen molar-refractivity contribution in [1.29, 1.82) is 0 Å². The average molecular weight is 189 g/mol. The van der Waals surface area contributed by atoms with Crippen molar-refractivity contribution >= 4 is 11.2 Å². The van der Waals surface area contributed by atoms with Gasteiger partial charge < -0.3 is 5.01 Å². The average Bonchev–Trinajstić information content (AvgIpc) is 2.85. The van der Waals surface area contributed by atoms with Crippen molar-refractivity contribution in [3.8, 4) is 0 Å². The summed E-state index contributed by atoms with van der Waals surface area (Å²) in [6.07, 6.45) is 7.64. The predicted molar refractivity (Wildman–Crippen MR) is 52.5 cm³/mol. The lowest BCUT2D eigenvalue weighted by molar-refractivity contribution is 0.675. The molecule has 5 heteroatoms. The lowest BCUT2D eigenvalue weighted by Crippen LogP contribution is -2.30. The standard InChI is InChI=1S/C9H11N5/c1-2-4-13(3-1)14-7-12-8-5-10-6-11-9(8)14/h5-7H,1-4H2. The predicted octanol–water partition coefficient (Wildman–Crippen LogP) is 0.558. The van der Waals surface area contributed by atoms with Gasteiger partial charge in [0.2, 0.25) is 0 Å². The molecule has 1 saturated heterocycles. The molecule has 14 heavy (non-hydrogen) atoms. The quantitative estimate of drug-likeness (QED) is 0.657. The van der Waals surface area contributed by atoms with E-state index in [9.17, 15) is 0 Å². The molecule has 0 spiro atoms. The van der Waals surface area contributed by atoms with Crippen LogP contribution in [-0.2, 0) is 0 Å². The highest BCUT2D eigenvalue weighted by Crippen LogP contribution is 2.12. The van der Waals surface area contributed by atoms with Crippen LogP contribution < -0.4 is 5.01 Å². The van der Waals surface area contributed by atoms with Gasteiger partial charge in [-0.05, 0) is 12.8 Å². The SMILES string of the molecule is c1ncc2ncn(N3CCCC3)c2n1. The van der Waals surface area contributed by atoms with Crippen molar-refractivity contribution in [1.82, 2.24) is 19.6 Å². The molecular formula is C9H11N5. The van der Waals surface area contributed by atoms with Crippen LogP contribution in [0.1, 0.15) is 12.8 Å². The molecule has 0 unspecified atom stereocenters. The summed E-state index contributed by atoms with van der Waals surface area (Å²) in [5.41, 5.74) is 1.77. The fraction of sp³-hybridized carbons (Fsp3) is 0.444. The second-order valence-corrected chi connectivity index (χ2v) is 3.48. The van der Waals surface area contributed by atoms with Crippen molar-refractivity contribution in [2.24, 2.45) is 0 Å². The zero-order valence-corrected chi connectivity index (χ0v) is 7.80. The van der Waals surface area contributed by atoms with Gasteiger partial charge in [-0.25, -0.2) is 19.6 Å². The highest BCUT2D eigenvalue weighted by atomic mass is 15.6. The summed E-state index contributed by atoms with van der Waals surface area (Å²) in [5.74, 6) is 0. The summed E-state index contributed by atoms with van der Waals surface area (Å²) in [6.45, 7) is 2.19. The zero-order chi connectivity index (χ0) is 9.38. The normalized spacial score (nSPS) is 16.7. The Morgan fingerprint density at radius 3 is 2.86 bits per heavy atom. The maximum Gasteiger partial charge on any atom is 0.182 e. The number of fused-ring (bicyclic) bond motifs is 1. The first kappa shape index (κ1) is 7.73. The number of nitrogens with zero attached hydrogens (tertiary/aromatic N) is 5. The van der Waals surface area contributed by atoms with Crippen LogP contribution in [0.5, 0.6) is 0 Å². The van der Waals surface area contributed by atoms with E-state index in [1.807, 2.05) is 11.0 Å².